The average molecular weight is 368 g/mol. The molecule has 2 heterocycles. The molecule has 1 saturated heterocycles. The number of aromatic nitrogens is 2. The van der Waals surface area contributed by atoms with Gasteiger partial charge in [-0.15, -0.1) is 0 Å². The van der Waals surface area contributed by atoms with Gasteiger partial charge in [-0.05, 0) is 24.5 Å². The Hall–Kier alpha value is -1.56. The monoisotopic (exact) mass is 367 g/mol. The van der Waals surface area contributed by atoms with Crippen molar-refractivity contribution >= 4 is 34.9 Å². The summed E-state index contributed by atoms with van der Waals surface area (Å²) in [7, 11) is 0. The van der Waals surface area contributed by atoms with E-state index in [1.54, 1.807) is 18.3 Å². The Morgan fingerprint density at radius 3 is 3.04 bits per heavy atom. The number of hydrogen-bond donors (Lipinski definition) is 1. The fraction of sp³-hybridized carbons (Fsp3) is 0.412. The number of aryl methyl sites for hydroxylation is 1. The number of ether oxygens (including phenoxy) is 1. The Morgan fingerprint density at radius 2 is 2.25 bits per heavy atom. The number of hydrogen-bond acceptors (Lipinski definition) is 3. The van der Waals surface area contributed by atoms with E-state index in [9.17, 15) is 4.79 Å². The lowest BCUT2D eigenvalue weighted by Crippen LogP contribution is -2.19. The minimum atomic E-state index is -0.0736. The van der Waals surface area contributed by atoms with E-state index in [0.717, 1.165) is 31.7 Å². The number of halogens is 2. The van der Waals surface area contributed by atoms with Crippen molar-refractivity contribution in [2.24, 2.45) is 5.92 Å². The Labute approximate surface area is 150 Å². The van der Waals surface area contributed by atoms with Crippen molar-refractivity contribution < 1.29 is 9.53 Å². The van der Waals surface area contributed by atoms with E-state index in [1.165, 1.54) is 0 Å². The molecule has 0 saturated carbocycles. The first-order chi connectivity index (χ1) is 11.6. The minimum Gasteiger partial charge on any atom is -0.381 e. The van der Waals surface area contributed by atoms with E-state index < -0.39 is 0 Å². The van der Waals surface area contributed by atoms with Crippen molar-refractivity contribution in [3.8, 4) is 0 Å². The summed E-state index contributed by atoms with van der Waals surface area (Å²) in [6, 6.07) is 7.25. The molecule has 0 bridgehead atoms. The highest BCUT2D eigenvalue weighted by Gasteiger charge is 2.18. The Morgan fingerprint density at radius 1 is 1.38 bits per heavy atom. The first-order valence-corrected chi connectivity index (χ1v) is 8.71. The van der Waals surface area contributed by atoms with Crippen molar-refractivity contribution in [1.82, 2.24) is 9.78 Å². The summed E-state index contributed by atoms with van der Waals surface area (Å²) in [6.45, 7) is 2.30. The smallest absolute Gasteiger partial charge is 0.225 e. The maximum absolute atomic E-state index is 12.2. The largest absolute Gasteiger partial charge is 0.381 e. The van der Waals surface area contributed by atoms with Gasteiger partial charge in [0.1, 0.15) is 5.82 Å². The van der Waals surface area contributed by atoms with Gasteiger partial charge in [0, 0.05) is 31.6 Å². The van der Waals surface area contributed by atoms with Gasteiger partial charge in [-0.3, -0.25) is 4.79 Å². The molecule has 24 heavy (non-hydrogen) atoms. The van der Waals surface area contributed by atoms with Crippen molar-refractivity contribution in [3.05, 3.63) is 46.1 Å². The van der Waals surface area contributed by atoms with Gasteiger partial charge in [0.05, 0.1) is 22.8 Å². The third-order valence-electron chi connectivity index (χ3n) is 4.09. The molecule has 1 amide bonds. The quantitative estimate of drug-likeness (QED) is 0.844. The lowest BCUT2D eigenvalue weighted by atomic mass is 10.1. The first kappa shape index (κ1) is 17.3. The zero-order valence-corrected chi connectivity index (χ0v) is 14.7. The molecule has 2 aromatic rings. The first-order valence-electron chi connectivity index (χ1n) is 7.96. The van der Waals surface area contributed by atoms with Gasteiger partial charge in [-0.25, -0.2) is 4.68 Å². The fourth-order valence-electron chi connectivity index (χ4n) is 2.75. The van der Waals surface area contributed by atoms with Crippen LogP contribution in [0.3, 0.4) is 0 Å². The number of amides is 1. The average Bonchev–Trinajstić information content (AvgIpc) is 3.22. The minimum absolute atomic E-state index is 0.0736. The maximum atomic E-state index is 12.2. The number of carbonyl (C=O) groups is 1. The van der Waals surface area contributed by atoms with Gasteiger partial charge in [0.2, 0.25) is 5.91 Å². The molecule has 3 rings (SSSR count). The molecule has 0 radical (unpaired) electrons. The summed E-state index contributed by atoms with van der Waals surface area (Å²) in [4.78, 5) is 12.2. The summed E-state index contributed by atoms with van der Waals surface area (Å²) >= 11 is 12.1. The zero-order valence-electron chi connectivity index (χ0n) is 13.2. The lowest BCUT2D eigenvalue weighted by Gasteiger charge is -2.12. The molecule has 128 valence electrons. The Balaban J connectivity index is 1.55. The van der Waals surface area contributed by atoms with Crippen LogP contribution < -0.4 is 5.32 Å². The van der Waals surface area contributed by atoms with Crippen LogP contribution in [-0.2, 0) is 22.5 Å². The van der Waals surface area contributed by atoms with Crippen molar-refractivity contribution in [2.75, 3.05) is 18.5 Å². The number of carbonyl (C=O) groups excluding carboxylic acids is 1. The SMILES string of the molecule is O=C(CCc1cccc(Cl)c1Cl)Nc1ccnn1CC1CCOC1. The van der Waals surface area contributed by atoms with E-state index in [0.29, 0.717) is 34.6 Å². The third-order valence-corrected chi connectivity index (χ3v) is 4.95. The number of rotatable bonds is 6. The molecule has 1 aliphatic heterocycles. The highest BCUT2D eigenvalue weighted by atomic mass is 35.5. The van der Waals surface area contributed by atoms with E-state index in [2.05, 4.69) is 10.4 Å². The van der Waals surface area contributed by atoms with E-state index >= 15 is 0 Å². The van der Waals surface area contributed by atoms with Crippen molar-refractivity contribution in [1.29, 1.82) is 0 Å². The van der Waals surface area contributed by atoms with Gasteiger partial charge in [-0.1, -0.05) is 35.3 Å². The molecular formula is C17H19Cl2N3O2. The van der Waals surface area contributed by atoms with Crippen LogP contribution in [0.25, 0.3) is 0 Å². The summed E-state index contributed by atoms with van der Waals surface area (Å²) in [5.74, 6) is 1.09. The topological polar surface area (TPSA) is 56.2 Å². The molecule has 1 fully saturated rings. The molecular weight excluding hydrogens is 349 g/mol. The van der Waals surface area contributed by atoms with E-state index in [4.69, 9.17) is 27.9 Å². The molecule has 1 atom stereocenters. The molecule has 7 heteroatoms. The van der Waals surface area contributed by atoms with Crippen LogP contribution in [0.4, 0.5) is 5.82 Å². The van der Waals surface area contributed by atoms with Crippen LogP contribution in [0.15, 0.2) is 30.5 Å². The maximum Gasteiger partial charge on any atom is 0.225 e. The molecule has 1 unspecified atom stereocenters. The number of nitrogens with one attached hydrogen (secondary N) is 1. The normalized spacial score (nSPS) is 17.2. The third kappa shape index (κ3) is 4.29. The summed E-state index contributed by atoms with van der Waals surface area (Å²) in [5.41, 5.74) is 0.871. The van der Waals surface area contributed by atoms with Crippen LogP contribution in [-0.4, -0.2) is 28.9 Å². The van der Waals surface area contributed by atoms with Gasteiger partial charge in [0.15, 0.2) is 0 Å². The second-order valence-electron chi connectivity index (χ2n) is 5.89. The number of nitrogens with zero attached hydrogens (tertiary/aromatic N) is 2. The summed E-state index contributed by atoms with van der Waals surface area (Å²) < 4.78 is 7.21. The van der Waals surface area contributed by atoms with Crippen LogP contribution in [0.1, 0.15) is 18.4 Å². The molecule has 1 aromatic carbocycles. The Bertz CT molecular complexity index is 712. The highest BCUT2D eigenvalue weighted by molar-refractivity contribution is 6.42. The van der Waals surface area contributed by atoms with Gasteiger partial charge < -0.3 is 10.1 Å². The molecule has 0 spiro atoms. The molecule has 0 aliphatic carbocycles. The summed E-state index contributed by atoms with van der Waals surface area (Å²) in [5, 5.41) is 8.22. The van der Waals surface area contributed by atoms with E-state index in [1.807, 2.05) is 16.8 Å². The van der Waals surface area contributed by atoms with E-state index in [-0.39, 0.29) is 5.91 Å². The lowest BCUT2D eigenvalue weighted by molar-refractivity contribution is -0.116. The molecule has 1 aliphatic rings. The predicted octanol–water partition coefficient (Wildman–Crippen LogP) is 3.80. The predicted molar refractivity (Wildman–Crippen MR) is 94.6 cm³/mol. The second kappa shape index (κ2) is 8.01. The molecule has 5 nitrogen and oxygen atoms in total. The molecule has 1 N–H and O–H groups in total. The Kier molecular flexibility index (Phi) is 5.76. The van der Waals surface area contributed by atoms with Gasteiger partial charge in [-0.2, -0.15) is 5.10 Å². The number of anilines is 1. The van der Waals surface area contributed by atoms with Crippen LogP contribution in [0.5, 0.6) is 0 Å². The van der Waals surface area contributed by atoms with Crippen LogP contribution in [0, 0.1) is 5.92 Å². The second-order valence-corrected chi connectivity index (χ2v) is 6.67. The molecule has 1 aromatic heterocycles. The fourth-order valence-corrected chi connectivity index (χ4v) is 3.17. The van der Waals surface area contributed by atoms with Gasteiger partial charge in [0.25, 0.3) is 0 Å². The van der Waals surface area contributed by atoms with Crippen molar-refractivity contribution in [2.45, 2.75) is 25.8 Å². The highest BCUT2D eigenvalue weighted by Crippen LogP contribution is 2.26. The van der Waals surface area contributed by atoms with Crippen LogP contribution in [0.2, 0.25) is 10.0 Å². The van der Waals surface area contributed by atoms with Crippen LogP contribution >= 0.6 is 23.2 Å². The number of benzene rings is 1. The van der Waals surface area contributed by atoms with Gasteiger partial charge >= 0.3 is 0 Å². The standard InChI is InChI=1S/C17H19Cl2N3O2/c18-14-3-1-2-13(17(14)19)4-5-16(23)21-15-6-8-20-22(15)10-12-7-9-24-11-12/h1-3,6,8,12H,4-5,7,9-11H2,(H,21,23). The van der Waals surface area contributed by atoms with Crippen molar-refractivity contribution in [3.63, 3.8) is 0 Å². The zero-order chi connectivity index (χ0) is 16.9. The summed E-state index contributed by atoms with van der Waals surface area (Å²) in [6.07, 6.45) is 3.59.